The molecule has 0 aliphatic heterocycles. The first-order valence-electron chi connectivity index (χ1n) is 4.70. The van der Waals surface area contributed by atoms with Crippen LogP contribution in [0.4, 0.5) is 5.69 Å². The minimum Gasteiger partial charge on any atom is -0.398 e. The standard InChI is InChI=1S/C11H14N2S/c1-2-3-6-14-11-7-9(8-12)4-5-10(11)13/h4-5,7H,2-3,6,13H2,1H3. The van der Waals surface area contributed by atoms with Crippen LogP contribution in [0.15, 0.2) is 23.1 Å². The maximum Gasteiger partial charge on any atom is 0.0992 e. The Balaban J connectivity index is 2.70. The van der Waals surface area contributed by atoms with E-state index in [2.05, 4.69) is 13.0 Å². The first-order chi connectivity index (χ1) is 6.77. The van der Waals surface area contributed by atoms with Gasteiger partial charge in [-0.15, -0.1) is 11.8 Å². The summed E-state index contributed by atoms with van der Waals surface area (Å²) in [6.07, 6.45) is 2.37. The molecule has 3 heteroatoms. The van der Waals surface area contributed by atoms with Crippen LogP contribution in [0.5, 0.6) is 0 Å². The Bertz CT molecular complexity index is 342. The van der Waals surface area contributed by atoms with Crippen LogP contribution in [0.25, 0.3) is 0 Å². The van der Waals surface area contributed by atoms with Gasteiger partial charge in [0.05, 0.1) is 11.6 Å². The summed E-state index contributed by atoms with van der Waals surface area (Å²) in [5.41, 5.74) is 7.24. The third kappa shape index (κ3) is 2.97. The number of unbranched alkanes of at least 4 members (excludes halogenated alkanes) is 1. The summed E-state index contributed by atoms with van der Waals surface area (Å²) in [4.78, 5) is 1.03. The van der Waals surface area contributed by atoms with Crippen molar-refractivity contribution in [2.75, 3.05) is 11.5 Å². The highest BCUT2D eigenvalue weighted by atomic mass is 32.2. The lowest BCUT2D eigenvalue weighted by atomic mass is 10.2. The molecular weight excluding hydrogens is 192 g/mol. The molecule has 0 amide bonds. The lowest BCUT2D eigenvalue weighted by Gasteiger charge is -2.04. The van der Waals surface area contributed by atoms with Crippen molar-refractivity contribution in [2.24, 2.45) is 0 Å². The summed E-state index contributed by atoms with van der Waals surface area (Å²) in [7, 11) is 0. The Kier molecular flexibility index (Phi) is 4.34. The molecule has 1 aromatic carbocycles. The van der Waals surface area contributed by atoms with Crippen LogP contribution in [-0.4, -0.2) is 5.75 Å². The second-order valence-corrected chi connectivity index (χ2v) is 4.20. The van der Waals surface area contributed by atoms with Crippen LogP contribution in [0.1, 0.15) is 25.3 Å². The summed E-state index contributed by atoms with van der Waals surface area (Å²) < 4.78 is 0. The average Bonchev–Trinajstić information content (AvgIpc) is 2.21. The molecule has 0 fully saturated rings. The maximum atomic E-state index is 8.72. The molecule has 0 unspecified atom stereocenters. The molecular formula is C11H14N2S. The number of benzene rings is 1. The first kappa shape index (κ1) is 10.9. The van der Waals surface area contributed by atoms with E-state index in [4.69, 9.17) is 11.0 Å². The zero-order valence-corrected chi connectivity index (χ0v) is 9.10. The molecule has 14 heavy (non-hydrogen) atoms. The summed E-state index contributed by atoms with van der Waals surface area (Å²) in [6.45, 7) is 2.16. The fraction of sp³-hybridized carbons (Fsp3) is 0.364. The van der Waals surface area contributed by atoms with Crippen molar-refractivity contribution in [3.05, 3.63) is 23.8 Å². The van der Waals surface area contributed by atoms with Crippen LogP contribution >= 0.6 is 11.8 Å². The Labute approximate surface area is 89.1 Å². The van der Waals surface area contributed by atoms with Crippen molar-refractivity contribution < 1.29 is 0 Å². The Morgan fingerprint density at radius 3 is 2.93 bits per heavy atom. The third-order valence-electron chi connectivity index (χ3n) is 1.90. The molecule has 1 aromatic rings. The minimum absolute atomic E-state index is 0.679. The molecule has 0 saturated carbocycles. The van der Waals surface area contributed by atoms with Gasteiger partial charge in [-0.05, 0) is 30.4 Å². The normalized spacial score (nSPS) is 9.71. The Morgan fingerprint density at radius 1 is 1.50 bits per heavy atom. The number of nitrogen functional groups attached to an aromatic ring is 1. The molecule has 0 heterocycles. The van der Waals surface area contributed by atoms with E-state index in [0.29, 0.717) is 5.56 Å². The van der Waals surface area contributed by atoms with E-state index in [0.717, 1.165) is 16.3 Å². The molecule has 0 saturated heterocycles. The lowest BCUT2D eigenvalue weighted by molar-refractivity contribution is 0.896. The highest BCUT2D eigenvalue weighted by Gasteiger charge is 2.00. The van der Waals surface area contributed by atoms with Crippen molar-refractivity contribution in [1.29, 1.82) is 5.26 Å². The van der Waals surface area contributed by atoms with Gasteiger partial charge in [0, 0.05) is 10.6 Å². The van der Waals surface area contributed by atoms with E-state index in [1.807, 2.05) is 6.07 Å². The zero-order chi connectivity index (χ0) is 10.4. The largest absolute Gasteiger partial charge is 0.398 e. The Hall–Kier alpha value is -1.14. The fourth-order valence-electron chi connectivity index (χ4n) is 1.06. The summed E-state index contributed by atoms with van der Waals surface area (Å²) in [6, 6.07) is 7.52. The number of rotatable bonds is 4. The van der Waals surface area contributed by atoms with Crippen molar-refractivity contribution in [2.45, 2.75) is 24.7 Å². The van der Waals surface area contributed by atoms with Gasteiger partial charge >= 0.3 is 0 Å². The number of nitriles is 1. The molecule has 0 aliphatic rings. The molecule has 0 spiro atoms. The molecule has 0 aliphatic carbocycles. The number of anilines is 1. The van der Waals surface area contributed by atoms with Crippen LogP contribution in [0, 0.1) is 11.3 Å². The fourth-order valence-corrected chi connectivity index (χ4v) is 2.15. The second-order valence-electron chi connectivity index (χ2n) is 3.07. The van der Waals surface area contributed by atoms with Crippen LogP contribution in [0.3, 0.4) is 0 Å². The second kappa shape index (κ2) is 5.56. The zero-order valence-electron chi connectivity index (χ0n) is 8.29. The molecule has 1 rings (SSSR count). The predicted octanol–water partition coefficient (Wildman–Crippen LogP) is 3.03. The Morgan fingerprint density at radius 2 is 2.29 bits per heavy atom. The number of hydrogen-bond acceptors (Lipinski definition) is 3. The molecule has 0 radical (unpaired) electrons. The van der Waals surface area contributed by atoms with E-state index in [-0.39, 0.29) is 0 Å². The van der Waals surface area contributed by atoms with Gasteiger partial charge in [-0.3, -0.25) is 0 Å². The van der Waals surface area contributed by atoms with Crippen molar-refractivity contribution in [1.82, 2.24) is 0 Å². The van der Waals surface area contributed by atoms with Gasteiger partial charge in [-0.2, -0.15) is 5.26 Å². The molecule has 74 valence electrons. The summed E-state index contributed by atoms with van der Waals surface area (Å²) >= 11 is 1.73. The van der Waals surface area contributed by atoms with E-state index in [9.17, 15) is 0 Å². The van der Waals surface area contributed by atoms with E-state index >= 15 is 0 Å². The van der Waals surface area contributed by atoms with Crippen molar-refractivity contribution in [3.8, 4) is 6.07 Å². The minimum atomic E-state index is 0.679. The molecule has 2 N–H and O–H groups in total. The van der Waals surface area contributed by atoms with Crippen LogP contribution in [-0.2, 0) is 0 Å². The highest BCUT2D eigenvalue weighted by molar-refractivity contribution is 7.99. The van der Waals surface area contributed by atoms with E-state index < -0.39 is 0 Å². The number of nitrogens with zero attached hydrogens (tertiary/aromatic N) is 1. The van der Waals surface area contributed by atoms with Gasteiger partial charge in [0.2, 0.25) is 0 Å². The SMILES string of the molecule is CCCCSc1cc(C#N)ccc1N. The predicted molar refractivity (Wildman–Crippen MR) is 61.2 cm³/mol. The number of nitrogens with two attached hydrogens (primary N) is 1. The third-order valence-corrected chi connectivity index (χ3v) is 3.06. The smallest absolute Gasteiger partial charge is 0.0992 e. The van der Waals surface area contributed by atoms with Gasteiger partial charge in [0.25, 0.3) is 0 Å². The topological polar surface area (TPSA) is 49.8 Å². The lowest BCUT2D eigenvalue weighted by Crippen LogP contribution is -1.90. The number of thioether (sulfide) groups is 1. The summed E-state index contributed by atoms with van der Waals surface area (Å²) in [5.74, 6) is 1.07. The summed E-state index contributed by atoms with van der Waals surface area (Å²) in [5, 5.41) is 8.72. The van der Waals surface area contributed by atoms with Gasteiger partial charge < -0.3 is 5.73 Å². The monoisotopic (exact) mass is 206 g/mol. The van der Waals surface area contributed by atoms with Crippen molar-refractivity contribution in [3.63, 3.8) is 0 Å². The van der Waals surface area contributed by atoms with Crippen molar-refractivity contribution >= 4 is 17.4 Å². The molecule has 0 bridgehead atoms. The molecule has 0 atom stereocenters. The maximum absolute atomic E-state index is 8.72. The first-order valence-corrected chi connectivity index (χ1v) is 5.69. The van der Waals surface area contributed by atoms with Gasteiger partial charge in [0.1, 0.15) is 0 Å². The van der Waals surface area contributed by atoms with Crippen LogP contribution in [0.2, 0.25) is 0 Å². The number of hydrogen-bond donors (Lipinski definition) is 1. The highest BCUT2D eigenvalue weighted by Crippen LogP contribution is 2.26. The average molecular weight is 206 g/mol. The van der Waals surface area contributed by atoms with Gasteiger partial charge in [-0.25, -0.2) is 0 Å². The molecule has 0 aromatic heterocycles. The quantitative estimate of drug-likeness (QED) is 0.468. The van der Waals surface area contributed by atoms with E-state index in [1.165, 1.54) is 12.8 Å². The van der Waals surface area contributed by atoms with Gasteiger partial charge in [0.15, 0.2) is 0 Å². The van der Waals surface area contributed by atoms with E-state index in [1.54, 1.807) is 23.9 Å². The van der Waals surface area contributed by atoms with Gasteiger partial charge in [-0.1, -0.05) is 13.3 Å². The molecule has 2 nitrogen and oxygen atoms in total. The van der Waals surface area contributed by atoms with Crippen LogP contribution < -0.4 is 5.73 Å².